The van der Waals surface area contributed by atoms with Crippen LogP contribution < -0.4 is 25.4 Å². The van der Waals surface area contributed by atoms with E-state index in [9.17, 15) is 4.79 Å². The molecule has 0 atom stereocenters. The Morgan fingerprint density at radius 3 is 2.50 bits per heavy atom. The normalized spacial score (nSPS) is 13.5. The van der Waals surface area contributed by atoms with Crippen molar-refractivity contribution in [2.45, 2.75) is 25.9 Å². The van der Waals surface area contributed by atoms with Gasteiger partial charge in [0.2, 0.25) is 5.91 Å². The van der Waals surface area contributed by atoms with Crippen LogP contribution >= 0.6 is 0 Å². The van der Waals surface area contributed by atoms with Gasteiger partial charge in [0.15, 0.2) is 5.96 Å². The summed E-state index contributed by atoms with van der Waals surface area (Å²) in [6, 6.07) is 15.6. The largest absolute Gasteiger partial charge is 0.497 e. The Bertz CT molecular complexity index is 848. The van der Waals surface area contributed by atoms with Gasteiger partial charge in [0.05, 0.1) is 20.3 Å². The molecule has 0 heterocycles. The molecule has 2 aromatic carbocycles. The van der Waals surface area contributed by atoms with Gasteiger partial charge >= 0.3 is 0 Å². The first-order chi connectivity index (χ1) is 14.7. The van der Waals surface area contributed by atoms with Crippen molar-refractivity contribution in [3.8, 4) is 11.5 Å². The Labute approximate surface area is 177 Å². The highest BCUT2D eigenvalue weighted by Crippen LogP contribution is 2.30. The molecule has 0 saturated heterocycles. The second-order valence-electron chi connectivity index (χ2n) is 7.27. The van der Waals surface area contributed by atoms with Gasteiger partial charge in [0.25, 0.3) is 0 Å². The predicted octanol–water partition coefficient (Wildman–Crippen LogP) is 2.47. The number of carbonyl (C=O) groups is 1. The minimum Gasteiger partial charge on any atom is -0.497 e. The molecule has 2 aromatic rings. The maximum atomic E-state index is 12.1. The van der Waals surface area contributed by atoms with Crippen molar-refractivity contribution < 1.29 is 14.3 Å². The van der Waals surface area contributed by atoms with Crippen LogP contribution in [0.4, 0.5) is 0 Å². The molecule has 0 unspecified atom stereocenters. The number of hydrogen-bond acceptors (Lipinski definition) is 4. The lowest BCUT2D eigenvalue weighted by Gasteiger charge is -2.15. The molecule has 3 N–H and O–H groups in total. The Balaban J connectivity index is 1.40. The monoisotopic (exact) mass is 410 g/mol. The number of nitrogens with one attached hydrogen (secondary N) is 3. The van der Waals surface area contributed by atoms with E-state index in [2.05, 4.69) is 20.9 Å². The fraction of sp³-hybridized carbons (Fsp3) is 0.391. The van der Waals surface area contributed by atoms with Crippen LogP contribution in [0.5, 0.6) is 11.5 Å². The molecule has 0 aromatic heterocycles. The molecule has 160 valence electrons. The molecule has 1 aliphatic carbocycles. The van der Waals surface area contributed by atoms with Crippen molar-refractivity contribution in [3.63, 3.8) is 0 Å². The number of nitrogens with zero attached hydrogens (tertiary/aromatic N) is 1. The van der Waals surface area contributed by atoms with Crippen molar-refractivity contribution in [1.29, 1.82) is 0 Å². The lowest BCUT2D eigenvalue weighted by atomic mass is 10.2. The quantitative estimate of drug-likeness (QED) is 0.414. The van der Waals surface area contributed by atoms with Gasteiger partial charge in [-0.1, -0.05) is 30.3 Å². The number of carbonyl (C=O) groups excluding carboxylic acids is 1. The second kappa shape index (κ2) is 11.1. The predicted molar refractivity (Wildman–Crippen MR) is 118 cm³/mol. The second-order valence-corrected chi connectivity index (χ2v) is 7.27. The molecule has 1 amide bonds. The van der Waals surface area contributed by atoms with E-state index >= 15 is 0 Å². The fourth-order valence-electron chi connectivity index (χ4n) is 2.85. The van der Waals surface area contributed by atoms with Crippen LogP contribution in [0.2, 0.25) is 0 Å². The average Bonchev–Trinajstić information content (AvgIpc) is 3.62. The summed E-state index contributed by atoms with van der Waals surface area (Å²) in [7, 11) is 3.31. The van der Waals surface area contributed by atoms with E-state index in [1.54, 1.807) is 14.2 Å². The molecular weight excluding hydrogens is 380 g/mol. The first kappa shape index (κ1) is 21.5. The maximum Gasteiger partial charge on any atom is 0.239 e. The van der Waals surface area contributed by atoms with Crippen LogP contribution in [-0.4, -0.2) is 39.2 Å². The van der Waals surface area contributed by atoms with Gasteiger partial charge in [-0.15, -0.1) is 0 Å². The topological polar surface area (TPSA) is 84.0 Å². The highest BCUT2D eigenvalue weighted by molar-refractivity contribution is 5.86. The lowest BCUT2D eigenvalue weighted by Crippen LogP contribution is -2.42. The van der Waals surface area contributed by atoms with Crippen molar-refractivity contribution >= 4 is 11.9 Å². The summed E-state index contributed by atoms with van der Waals surface area (Å²) < 4.78 is 11.1. The van der Waals surface area contributed by atoms with E-state index in [1.165, 1.54) is 12.8 Å². The molecule has 0 spiro atoms. The van der Waals surface area contributed by atoms with Crippen molar-refractivity contribution in [3.05, 3.63) is 59.7 Å². The summed E-state index contributed by atoms with van der Waals surface area (Å²) in [5, 5.41) is 9.16. The van der Waals surface area contributed by atoms with E-state index < -0.39 is 0 Å². The summed E-state index contributed by atoms with van der Waals surface area (Å²) in [5.74, 6) is 2.84. The van der Waals surface area contributed by atoms with Crippen molar-refractivity contribution in [1.82, 2.24) is 16.0 Å². The highest BCUT2D eigenvalue weighted by Gasteiger charge is 2.22. The lowest BCUT2D eigenvalue weighted by molar-refractivity contribution is -0.120. The number of methoxy groups -OCH3 is 1. The Morgan fingerprint density at radius 1 is 1.03 bits per heavy atom. The number of hydrogen-bond donors (Lipinski definition) is 3. The number of para-hydroxylation sites is 1. The van der Waals surface area contributed by atoms with Crippen LogP contribution in [0.15, 0.2) is 53.5 Å². The number of ether oxygens (including phenoxy) is 2. The summed E-state index contributed by atoms with van der Waals surface area (Å²) in [4.78, 5) is 16.3. The Morgan fingerprint density at radius 2 is 1.80 bits per heavy atom. The number of rotatable bonds is 10. The maximum absolute atomic E-state index is 12.1. The molecule has 30 heavy (non-hydrogen) atoms. The van der Waals surface area contributed by atoms with Crippen LogP contribution in [0.1, 0.15) is 24.0 Å². The van der Waals surface area contributed by atoms with Crippen molar-refractivity contribution in [2.75, 3.05) is 27.3 Å². The van der Waals surface area contributed by atoms with Crippen LogP contribution in [0, 0.1) is 5.92 Å². The summed E-state index contributed by atoms with van der Waals surface area (Å²) >= 11 is 0. The van der Waals surface area contributed by atoms with Gasteiger partial charge in [0.1, 0.15) is 11.5 Å². The van der Waals surface area contributed by atoms with E-state index in [0.29, 0.717) is 25.0 Å². The van der Waals surface area contributed by atoms with Crippen LogP contribution in [-0.2, 0) is 17.9 Å². The third-order valence-electron chi connectivity index (χ3n) is 4.88. The summed E-state index contributed by atoms with van der Waals surface area (Å²) in [6.07, 6.45) is 2.52. The summed E-state index contributed by atoms with van der Waals surface area (Å²) in [5.41, 5.74) is 2.07. The number of benzene rings is 2. The number of amides is 1. The highest BCUT2D eigenvalue weighted by atomic mass is 16.5. The van der Waals surface area contributed by atoms with Gasteiger partial charge in [-0.3, -0.25) is 9.79 Å². The van der Waals surface area contributed by atoms with E-state index in [0.717, 1.165) is 29.2 Å². The zero-order chi connectivity index (χ0) is 21.2. The first-order valence-corrected chi connectivity index (χ1v) is 10.2. The molecule has 3 rings (SSSR count). The zero-order valence-corrected chi connectivity index (χ0v) is 17.6. The molecule has 1 fully saturated rings. The standard InChI is InChI=1S/C23H30N4O3/c1-24-23(26-14-19-5-3-4-6-21(19)30-16-18-7-8-18)27-15-22(28)25-13-17-9-11-20(29-2)12-10-17/h3-6,9-12,18H,7-8,13-16H2,1-2H3,(H,25,28)(H2,24,26,27). The Kier molecular flexibility index (Phi) is 7.94. The average molecular weight is 411 g/mol. The molecule has 7 nitrogen and oxygen atoms in total. The smallest absolute Gasteiger partial charge is 0.239 e. The van der Waals surface area contributed by atoms with Crippen LogP contribution in [0.3, 0.4) is 0 Å². The number of aliphatic imine (C=N–C) groups is 1. The van der Waals surface area contributed by atoms with Gasteiger partial charge in [-0.25, -0.2) is 0 Å². The van der Waals surface area contributed by atoms with Crippen molar-refractivity contribution in [2.24, 2.45) is 10.9 Å². The minimum atomic E-state index is -0.109. The summed E-state index contributed by atoms with van der Waals surface area (Å²) in [6.45, 7) is 1.93. The van der Waals surface area contributed by atoms with Crippen LogP contribution in [0.25, 0.3) is 0 Å². The molecule has 7 heteroatoms. The fourth-order valence-corrected chi connectivity index (χ4v) is 2.85. The van der Waals surface area contributed by atoms with E-state index in [4.69, 9.17) is 9.47 Å². The molecule has 1 aliphatic rings. The zero-order valence-electron chi connectivity index (χ0n) is 17.6. The van der Waals surface area contributed by atoms with E-state index in [-0.39, 0.29) is 12.5 Å². The van der Waals surface area contributed by atoms with Gasteiger partial charge in [-0.2, -0.15) is 0 Å². The molecule has 0 aliphatic heterocycles. The SMILES string of the molecule is CN=C(NCC(=O)NCc1ccc(OC)cc1)NCc1ccccc1OCC1CC1. The van der Waals surface area contributed by atoms with Gasteiger partial charge < -0.3 is 25.4 Å². The first-order valence-electron chi connectivity index (χ1n) is 10.2. The Hall–Kier alpha value is -3.22. The third-order valence-corrected chi connectivity index (χ3v) is 4.88. The molecule has 0 bridgehead atoms. The van der Waals surface area contributed by atoms with Gasteiger partial charge in [-0.05, 0) is 42.5 Å². The molecule has 0 radical (unpaired) electrons. The van der Waals surface area contributed by atoms with Gasteiger partial charge in [0, 0.05) is 25.7 Å². The minimum absolute atomic E-state index is 0.109. The third kappa shape index (κ3) is 6.99. The molecule has 1 saturated carbocycles. The number of guanidine groups is 1. The van der Waals surface area contributed by atoms with E-state index in [1.807, 2.05) is 48.5 Å². The molecular formula is C23H30N4O3.